The third-order valence-corrected chi connectivity index (χ3v) is 3.34. The van der Waals surface area contributed by atoms with Gasteiger partial charge in [0.05, 0.1) is 6.10 Å². The van der Waals surface area contributed by atoms with Gasteiger partial charge in [-0.3, -0.25) is 0 Å². The molecule has 15 heavy (non-hydrogen) atoms. The Balaban J connectivity index is 2.00. The van der Waals surface area contributed by atoms with Gasteiger partial charge in [0.2, 0.25) is 0 Å². The fourth-order valence-electron chi connectivity index (χ4n) is 2.33. The summed E-state index contributed by atoms with van der Waals surface area (Å²) in [6, 6.07) is 10.00. The Morgan fingerprint density at radius 3 is 2.73 bits per heavy atom. The van der Waals surface area contributed by atoms with Crippen LogP contribution >= 0.6 is 0 Å². The van der Waals surface area contributed by atoms with E-state index in [0.29, 0.717) is 5.92 Å². The molecule has 0 amide bonds. The minimum absolute atomic E-state index is 0.289. The summed E-state index contributed by atoms with van der Waals surface area (Å²) < 4.78 is 0. The standard InChI is InChI=1S/C13H19NO/c1-2-14-9-8-12(10-14)13(15)11-6-4-3-5-7-11/h3-7,12-13,15H,2,8-10H2,1H3/t12-,13+/m0/s1. The molecule has 1 aromatic carbocycles. The summed E-state index contributed by atoms with van der Waals surface area (Å²) in [5.74, 6) is 0.410. The zero-order valence-electron chi connectivity index (χ0n) is 9.26. The van der Waals surface area contributed by atoms with E-state index in [4.69, 9.17) is 0 Å². The molecule has 1 fully saturated rings. The van der Waals surface area contributed by atoms with Gasteiger partial charge in [0.25, 0.3) is 0 Å². The van der Waals surface area contributed by atoms with Crippen molar-refractivity contribution < 1.29 is 5.11 Å². The minimum Gasteiger partial charge on any atom is -0.388 e. The third-order valence-electron chi connectivity index (χ3n) is 3.34. The summed E-state index contributed by atoms with van der Waals surface area (Å²) in [5.41, 5.74) is 1.06. The highest BCUT2D eigenvalue weighted by atomic mass is 16.3. The van der Waals surface area contributed by atoms with E-state index in [-0.39, 0.29) is 6.10 Å². The van der Waals surface area contributed by atoms with Crippen molar-refractivity contribution in [2.45, 2.75) is 19.4 Å². The van der Waals surface area contributed by atoms with Crippen molar-refractivity contribution in [3.8, 4) is 0 Å². The topological polar surface area (TPSA) is 23.5 Å². The van der Waals surface area contributed by atoms with E-state index in [9.17, 15) is 5.11 Å². The molecule has 1 aromatic rings. The molecule has 1 saturated heterocycles. The molecule has 0 bridgehead atoms. The van der Waals surface area contributed by atoms with E-state index < -0.39 is 0 Å². The lowest BCUT2D eigenvalue weighted by atomic mass is 9.95. The summed E-state index contributed by atoms with van der Waals surface area (Å²) in [7, 11) is 0. The Morgan fingerprint density at radius 1 is 1.40 bits per heavy atom. The van der Waals surface area contributed by atoms with Crippen LogP contribution in [0.2, 0.25) is 0 Å². The molecule has 0 radical (unpaired) electrons. The van der Waals surface area contributed by atoms with E-state index >= 15 is 0 Å². The van der Waals surface area contributed by atoms with Crippen LogP contribution in [0.1, 0.15) is 25.0 Å². The Kier molecular flexibility index (Phi) is 3.39. The summed E-state index contributed by atoms with van der Waals surface area (Å²) in [6.07, 6.45) is 0.826. The lowest BCUT2D eigenvalue weighted by molar-refractivity contribution is 0.111. The molecule has 82 valence electrons. The molecule has 0 spiro atoms. The molecule has 1 aliphatic heterocycles. The van der Waals surface area contributed by atoms with Gasteiger partial charge in [0.15, 0.2) is 0 Å². The maximum Gasteiger partial charge on any atom is 0.0830 e. The van der Waals surface area contributed by atoms with Gasteiger partial charge < -0.3 is 10.0 Å². The van der Waals surface area contributed by atoms with Crippen LogP contribution in [0.15, 0.2) is 30.3 Å². The molecule has 0 saturated carbocycles. The number of hydrogen-bond donors (Lipinski definition) is 1. The van der Waals surface area contributed by atoms with Crippen LogP contribution < -0.4 is 0 Å². The maximum atomic E-state index is 10.2. The Hall–Kier alpha value is -0.860. The number of aliphatic hydroxyl groups is 1. The van der Waals surface area contributed by atoms with Crippen molar-refractivity contribution in [3.63, 3.8) is 0 Å². The molecule has 2 atom stereocenters. The molecule has 2 nitrogen and oxygen atoms in total. The van der Waals surface area contributed by atoms with Crippen LogP contribution in [-0.2, 0) is 0 Å². The van der Waals surface area contributed by atoms with Crippen LogP contribution in [0.3, 0.4) is 0 Å². The molecular formula is C13H19NO. The molecule has 1 N–H and O–H groups in total. The van der Waals surface area contributed by atoms with E-state index in [1.165, 1.54) is 0 Å². The van der Waals surface area contributed by atoms with Crippen molar-refractivity contribution in [2.75, 3.05) is 19.6 Å². The normalized spacial score (nSPS) is 24.3. The van der Waals surface area contributed by atoms with Crippen molar-refractivity contribution in [1.29, 1.82) is 0 Å². The van der Waals surface area contributed by atoms with Crippen LogP contribution in [0.4, 0.5) is 0 Å². The second kappa shape index (κ2) is 4.77. The average Bonchev–Trinajstić information content (AvgIpc) is 2.78. The molecule has 0 aliphatic carbocycles. The van der Waals surface area contributed by atoms with Gasteiger partial charge in [-0.15, -0.1) is 0 Å². The summed E-state index contributed by atoms with van der Waals surface area (Å²) in [6.45, 7) is 5.44. The van der Waals surface area contributed by atoms with Gasteiger partial charge >= 0.3 is 0 Å². The van der Waals surface area contributed by atoms with Gasteiger partial charge in [-0.05, 0) is 25.1 Å². The first-order valence-electron chi connectivity index (χ1n) is 5.76. The van der Waals surface area contributed by atoms with Gasteiger partial charge in [-0.2, -0.15) is 0 Å². The Morgan fingerprint density at radius 2 is 2.13 bits per heavy atom. The number of likely N-dealkylation sites (tertiary alicyclic amines) is 1. The maximum absolute atomic E-state index is 10.2. The fraction of sp³-hybridized carbons (Fsp3) is 0.538. The molecule has 1 aliphatic rings. The zero-order valence-corrected chi connectivity index (χ0v) is 9.26. The van der Waals surface area contributed by atoms with Crippen LogP contribution in [-0.4, -0.2) is 29.6 Å². The van der Waals surface area contributed by atoms with Gasteiger partial charge in [-0.25, -0.2) is 0 Å². The minimum atomic E-state index is -0.289. The highest BCUT2D eigenvalue weighted by Gasteiger charge is 2.28. The lowest BCUT2D eigenvalue weighted by Crippen LogP contribution is -2.22. The van der Waals surface area contributed by atoms with E-state index in [2.05, 4.69) is 11.8 Å². The molecule has 2 rings (SSSR count). The first-order chi connectivity index (χ1) is 7.31. The van der Waals surface area contributed by atoms with Crippen LogP contribution in [0.25, 0.3) is 0 Å². The fourth-order valence-corrected chi connectivity index (χ4v) is 2.33. The van der Waals surface area contributed by atoms with Crippen molar-refractivity contribution in [2.24, 2.45) is 5.92 Å². The van der Waals surface area contributed by atoms with Crippen molar-refractivity contribution in [1.82, 2.24) is 4.90 Å². The van der Waals surface area contributed by atoms with E-state index in [1.54, 1.807) is 0 Å². The van der Waals surface area contributed by atoms with E-state index in [1.807, 2.05) is 30.3 Å². The smallest absolute Gasteiger partial charge is 0.0830 e. The quantitative estimate of drug-likeness (QED) is 0.816. The predicted molar refractivity (Wildman–Crippen MR) is 61.6 cm³/mol. The number of aliphatic hydroxyl groups excluding tert-OH is 1. The number of hydrogen-bond acceptors (Lipinski definition) is 2. The predicted octanol–water partition coefficient (Wildman–Crippen LogP) is 2.06. The molecular weight excluding hydrogens is 186 g/mol. The Bertz CT molecular complexity index is 299. The molecule has 0 aromatic heterocycles. The van der Waals surface area contributed by atoms with Crippen molar-refractivity contribution in [3.05, 3.63) is 35.9 Å². The highest BCUT2D eigenvalue weighted by Crippen LogP contribution is 2.29. The number of benzene rings is 1. The lowest BCUT2D eigenvalue weighted by Gasteiger charge is -2.19. The average molecular weight is 205 g/mol. The monoisotopic (exact) mass is 205 g/mol. The largest absolute Gasteiger partial charge is 0.388 e. The first kappa shape index (κ1) is 10.7. The van der Waals surface area contributed by atoms with Gasteiger partial charge in [0, 0.05) is 12.5 Å². The van der Waals surface area contributed by atoms with Crippen LogP contribution in [0.5, 0.6) is 0 Å². The van der Waals surface area contributed by atoms with Crippen LogP contribution in [0, 0.1) is 5.92 Å². The SMILES string of the molecule is CCN1CC[C@H]([C@H](O)c2ccccc2)C1. The first-order valence-corrected chi connectivity index (χ1v) is 5.76. The Labute approximate surface area is 91.5 Å². The highest BCUT2D eigenvalue weighted by molar-refractivity contribution is 5.18. The van der Waals surface area contributed by atoms with E-state index in [0.717, 1.165) is 31.6 Å². The molecule has 0 unspecified atom stereocenters. The van der Waals surface area contributed by atoms with Crippen molar-refractivity contribution >= 4 is 0 Å². The zero-order chi connectivity index (χ0) is 10.7. The number of rotatable bonds is 3. The molecule has 1 heterocycles. The van der Waals surface area contributed by atoms with Gasteiger partial charge in [0.1, 0.15) is 0 Å². The van der Waals surface area contributed by atoms with Gasteiger partial charge in [-0.1, -0.05) is 37.3 Å². The third kappa shape index (κ3) is 2.39. The number of nitrogens with zero attached hydrogens (tertiary/aromatic N) is 1. The summed E-state index contributed by atoms with van der Waals surface area (Å²) in [4.78, 5) is 2.40. The summed E-state index contributed by atoms with van der Waals surface area (Å²) >= 11 is 0. The molecule has 2 heteroatoms. The second-order valence-corrected chi connectivity index (χ2v) is 4.30. The second-order valence-electron chi connectivity index (χ2n) is 4.30. The summed E-state index contributed by atoms with van der Waals surface area (Å²) in [5, 5.41) is 10.2.